The standard InChI is InChI=1S/C27H29N3O3S/c1-17(2)32-23-12-8-19(9-13-23)25(29-30-27(28)34)21-6-5-7-22(16-21)26(31)20-10-14-24(15-11-20)33-18(3)4/h5-18H,1-4H3,(H3,28,30,34)/b29-25-. The molecule has 0 heterocycles. The predicted molar refractivity (Wildman–Crippen MR) is 140 cm³/mol. The van der Waals surface area contributed by atoms with Gasteiger partial charge in [-0.25, -0.2) is 0 Å². The molecule has 3 aromatic rings. The Bertz CT molecular complexity index is 1170. The average molecular weight is 476 g/mol. The van der Waals surface area contributed by atoms with Crippen LogP contribution in [0.3, 0.4) is 0 Å². The van der Waals surface area contributed by atoms with Gasteiger partial charge in [0.05, 0.1) is 17.9 Å². The normalized spacial score (nSPS) is 11.4. The van der Waals surface area contributed by atoms with Crippen LogP contribution in [0.5, 0.6) is 11.5 Å². The van der Waals surface area contributed by atoms with E-state index >= 15 is 0 Å². The first-order valence-corrected chi connectivity index (χ1v) is 11.5. The van der Waals surface area contributed by atoms with E-state index in [2.05, 4.69) is 10.5 Å². The van der Waals surface area contributed by atoms with Gasteiger partial charge in [-0.2, -0.15) is 5.10 Å². The van der Waals surface area contributed by atoms with Gasteiger partial charge in [0, 0.05) is 22.3 Å². The fraction of sp³-hybridized carbons (Fsp3) is 0.222. The van der Waals surface area contributed by atoms with Crippen LogP contribution >= 0.6 is 12.2 Å². The number of nitrogens with two attached hydrogens (primary N) is 1. The topological polar surface area (TPSA) is 85.9 Å². The number of carbonyl (C=O) groups is 1. The predicted octanol–water partition coefficient (Wildman–Crippen LogP) is 5.08. The van der Waals surface area contributed by atoms with Gasteiger partial charge < -0.3 is 15.2 Å². The molecule has 3 aromatic carbocycles. The van der Waals surface area contributed by atoms with Crippen molar-refractivity contribution in [3.63, 3.8) is 0 Å². The van der Waals surface area contributed by atoms with Gasteiger partial charge in [-0.1, -0.05) is 18.2 Å². The van der Waals surface area contributed by atoms with Crippen LogP contribution in [-0.4, -0.2) is 28.8 Å². The Kier molecular flexibility index (Phi) is 8.38. The quantitative estimate of drug-likeness (QED) is 0.194. The molecule has 0 aromatic heterocycles. The van der Waals surface area contributed by atoms with Crippen molar-refractivity contribution in [2.45, 2.75) is 39.9 Å². The number of nitrogens with one attached hydrogen (secondary N) is 1. The summed E-state index contributed by atoms with van der Waals surface area (Å²) in [5.74, 6) is 1.39. The lowest BCUT2D eigenvalue weighted by Gasteiger charge is -2.13. The van der Waals surface area contributed by atoms with E-state index in [0.717, 1.165) is 22.6 Å². The van der Waals surface area contributed by atoms with E-state index < -0.39 is 0 Å². The molecule has 0 saturated heterocycles. The van der Waals surface area contributed by atoms with E-state index in [0.29, 0.717) is 16.8 Å². The SMILES string of the molecule is CC(C)Oc1ccc(C(=O)c2cccc(/C(=N\NC(N)=S)c3ccc(OC(C)C)cc3)c2)cc1. The average Bonchev–Trinajstić information content (AvgIpc) is 2.79. The molecular formula is C27H29N3O3S. The first-order chi connectivity index (χ1) is 16.2. The molecule has 0 aliphatic rings. The van der Waals surface area contributed by atoms with Crippen molar-refractivity contribution < 1.29 is 14.3 Å². The molecule has 0 radical (unpaired) electrons. The van der Waals surface area contributed by atoms with E-state index in [9.17, 15) is 4.79 Å². The second-order valence-electron chi connectivity index (χ2n) is 8.23. The third-order valence-electron chi connectivity index (χ3n) is 4.66. The van der Waals surface area contributed by atoms with Gasteiger partial charge in [0.1, 0.15) is 11.5 Å². The fourth-order valence-electron chi connectivity index (χ4n) is 3.30. The molecule has 6 nitrogen and oxygen atoms in total. The molecule has 0 aliphatic heterocycles. The van der Waals surface area contributed by atoms with Gasteiger partial charge in [0.15, 0.2) is 10.9 Å². The van der Waals surface area contributed by atoms with E-state index in [1.807, 2.05) is 64.1 Å². The number of ketones is 1. The van der Waals surface area contributed by atoms with Gasteiger partial charge in [-0.05, 0) is 94.5 Å². The maximum absolute atomic E-state index is 13.2. The first kappa shape index (κ1) is 24.9. The van der Waals surface area contributed by atoms with E-state index in [4.69, 9.17) is 27.4 Å². The summed E-state index contributed by atoms with van der Waals surface area (Å²) >= 11 is 4.92. The van der Waals surface area contributed by atoms with Crippen molar-refractivity contribution in [2.24, 2.45) is 10.8 Å². The summed E-state index contributed by atoms with van der Waals surface area (Å²) in [6.45, 7) is 7.86. The van der Waals surface area contributed by atoms with Gasteiger partial charge in [0.2, 0.25) is 0 Å². The summed E-state index contributed by atoms with van der Waals surface area (Å²) in [5.41, 5.74) is 11.5. The smallest absolute Gasteiger partial charge is 0.193 e. The van der Waals surface area contributed by atoms with Crippen molar-refractivity contribution in [2.75, 3.05) is 0 Å². The minimum Gasteiger partial charge on any atom is -0.491 e. The Morgan fingerprint density at radius 2 is 1.29 bits per heavy atom. The zero-order valence-electron chi connectivity index (χ0n) is 19.7. The molecule has 0 fully saturated rings. The minimum absolute atomic E-state index is 0.0493. The Morgan fingerprint density at radius 3 is 1.79 bits per heavy atom. The Balaban J connectivity index is 1.92. The summed E-state index contributed by atoms with van der Waals surface area (Å²) in [6.07, 6.45) is 0.140. The highest BCUT2D eigenvalue weighted by atomic mass is 32.1. The fourth-order valence-corrected chi connectivity index (χ4v) is 3.35. The Labute approximate surface area is 205 Å². The molecule has 0 atom stereocenters. The number of ether oxygens (including phenoxy) is 2. The van der Waals surface area contributed by atoms with Crippen LogP contribution in [0.1, 0.15) is 54.7 Å². The maximum Gasteiger partial charge on any atom is 0.193 e. The zero-order valence-corrected chi connectivity index (χ0v) is 20.6. The molecule has 0 aliphatic carbocycles. The molecule has 3 N–H and O–H groups in total. The third kappa shape index (κ3) is 6.89. The van der Waals surface area contributed by atoms with E-state index in [1.54, 1.807) is 36.4 Å². The lowest BCUT2D eigenvalue weighted by atomic mass is 9.97. The van der Waals surface area contributed by atoms with Crippen LogP contribution in [0, 0.1) is 0 Å². The van der Waals surface area contributed by atoms with Gasteiger partial charge in [0.25, 0.3) is 0 Å². The number of benzene rings is 3. The van der Waals surface area contributed by atoms with E-state index in [1.165, 1.54) is 0 Å². The number of hydrogen-bond acceptors (Lipinski definition) is 5. The number of nitrogens with zero attached hydrogens (tertiary/aromatic N) is 1. The minimum atomic E-state index is -0.0970. The maximum atomic E-state index is 13.2. The summed E-state index contributed by atoms with van der Waals surface area (Å²) in [4.78, 5) is 13.2. The highest BCUT2D eigenvalue weighted by Gasteiger charge is 2.14. The van der Waals surface area contributed by atoms with Crippen LogP contribution in [0.4, 0.5) is 0 Å². The second kappa shape index (κ2) is 11.4. The van der Waals surface area contributed by atoms with Crippen molar-refractivity contribution in [3.8, 4) is 11.5 Å². The second-order valence-corrected chi connectivity index (χ2v) is 8.67. The summed E-state index contributed by atoms with van der Waals surface area (Å²) < 4.78 is 11.4. The molecule has 0 spiro atoms. The lowest BCUT2D eigenvalue weighted by molar-refractivity contribution is 0.103. The molecule has 3 rings (SSSR count). The van der Waals surface area contributed by atoms with Gasteiger partial charge >= 0.3 is 0 Å². The van der Waals surface area contributed by atoms with Crippen molar-refractivity contribution in [1.29, 1.82) is 0 Å². The Hall–Kier alpha value is -3.71. The van der Waals surface area contributed by atoms with Crippen molar-refractivity contribution in [3.05, 3.63) is 95.1 Å². The molecule has 34 heavy (non-hydrogen) atoms. The molecule has 0 amide bonds. The summed E-state index contributed by atoms with van der Waals surface area (Å²) in [5, 5.41) is 4.45. The number of rotatable bonds is 9. The monoisotopic (exact) mass is 475 g/mol. The molecule has 176 valence electrons. The molecule has 0 saturated carbocycles. The van der Waals surface area contributed by atoms with Crippen LogP contribution < -0.4 is 20.6 Å². The first-order valence-electron chi connectivity index (χ1n) is 11.0. The number of hydrogen-bond donors (Lipinski definition) is 2. The van der Waals surface area contributed by atoms with Crippen LogP contribution in [0.2, 0.25) is 0 Å². The zero-order chi connectivity index (χ0) is 24.7. The highest BCUT2D eigenvalue weighted by Crippen LogP contribution is 2.20. The summed E-state index contributed by atoms with van der Waals surface area (Å²) in [6, 6.07) is 22.0. The van der Waals surface area contributed by atoms with Crippen LogP contribution in [-0.2, 0) is 0 Å². The molecule has 0 bridgehead atoms. The summed E-state index contributed by atoms with van der Waals surface area (Å²) in [7, 11) is 0. The lowest BCUT2D eigenvalue weighted by Crippen LogP contribution is -2.26. The van der Waals surface area contributed by atoms with Crippen molar-refractivity contribution >= 4 is 28.8 Å². The Morgan fingerprint density at radius 1 is 0.794 bits per heavy atom. The highest BCUT2D eigenvalue weighted by molar-refractivity contribution is 7.80. The van der Waals surface area contributed by atoms with Crippen LogP contribution in [0.25, 0.3) is 0 Å². The third-order valence-corrected chi connectivity index (χ3v) is 4.76. The number of hydrazone groups is 1. The van der Waals surface area contributed by atoms with E-state index in [-0.39, 0.29) is 23.1 Å². The van der Waals surface area contributed by atoms with Gasteiger partial charge in [-0.15, -0.1) is 0 Å². The number of carbonyl (C=O) groups excluding carboxylic acids is 1. The largest absolute Gasteiger partial charge is 0.491 e. The van der Waals surface area contributed by atoms with Crippen LogP contribution in [0.15, 0.2) is 77.9 Å². The molecule has 7 heteroatoms. The number of thiocarbonyl (C=S) groups is 1. The van der Waals surface area contributed by atoms with Gasteiger partial charge in [-0.3, -0.25) is 10.2 Å². The molecule has 0 unspecified atom stereocenters. The molecular weight excluding hydrogens is 446 g/mol. The van der Waals surface area contributed by atoms with Crippen molar-refractivity contribution in [1.82, 2.24) is 5.43 Å².